The minimum absolute atomic E-state index is 0.280. The fourth-order valence-corrected chi connectivity index (χ4v) is 3.70. The van der Waals surface area contributed by atoms with Crippen LogP contribution in [0.2, 0.25) is 0 Å². The highest BCUT2D eigenvalue weighted by molar-refractivity contribution is 7.09. The second-order valence-electron chi connectivity index (χ2n) is 6.18. The van der Waals surface area contributed by atoms with E-state index in [0.717, 1.165) is 17.5 Å². The Bertz CT molecular complexity index is 1010. The summed E-state index contributed by atoms with van der Waals surface area (Å²) in [4.78, 5) is 27.1. The van der Waals surface area contributed by atoms with Crippen LogP contribution < -0.4 is 10.9 Å². The molecule has 2 heterocycles. The van der Waals surface area contributed by atoms with Crippen molar-refractivity contribution in [1.82, 2.24) is 4.90 Å². The molecule has 0 spiro atoms. The number of nitrogens with one attached hydrogen (secondary N) is 1. The predicted molar refractivity (Wildman–Crippen MR) is 112 cm³/mol. The number of fused-ring (bicyclic) bond motifs is 1. The largest absolute Gasteiger partial charge is 0.450 e. The van der Waals surface area contributed by atoms with Crippen molar-refractivity contribution in [3.63, 3.8) is 0 Å². The summed E-state index contributed by atoms with van der Waals surface area (Å²) in [5.74, 6) is 0. The summed E-state index contributed by atoms with van der Waals surface area (Å²) in [6.45, 7) is 7.90. The molecule has 3 rings (SSSR count). The number of amides is 1. The molecule has 1 N–H and O–H groups in total. The molecule has 0 saturated heterocycles. The number of nitrogens with zero attached hydrogens (tertiary/aromatic N) is 1. The van der Waals surface area contributed by atoms with Crippen LogP contribution in [0.3, 0.4) is 0 Å². The van der Waals surface area contributed by atoms with Crippen molar-refractivity contribution in [2.75, 3.05) is 18.5 Å². The molecule has 0 fully saturated rings. The van der Waals surface area contributed by atoms with Gasteiger partial charge in [0.2, 0.25) is 0 Å². The van der Waals surface area contributed by atoms with Crippen LogP contribution in [0.1, 0.15) is 17.4 Å². The van der Waals surface area contributed by atoms with E-state index in [0.29, 0.717) is 24.4 Å². The summed E-state index contributed by atoms with van der Waals surface area (Å²) in [6, 6.07) is 10.9. The minimum Gasteiger partial charge on any atom is -0.450 e. The molecular formula is C21H22N2O4S. The summed E-state index contributed by atoms with van der Waals surface area (Å²) in [7, 11) is 0. The molecule has 0 atom stereocenters. The zero-order chi connectivity index (χ0) is 19.9. The molecule has 0 bridgehead atoms. The van der Waals surface area contributed by atoms with Crippen molar-refractivity contribution in [3.05, 3.63) is 75.3 Å². The lowest BCUT2D eigenvalue weighted by molar-refractivity contribution is 0.168. The third-order valence-corrected chi connectivity index (χ3v) is 4.95. The van der Waals surface area contributed by atoms with E-state index in [4.69, 9.17) is 9.15 Å². The van der Waals surface area contributed by atoms with Crippen LogP contribution in [-0.4, -0.2) is 24.1 Å². The molecule has 0 aliphatic rings. The Hall–Kier alpha value is -2.90. The first-order valence-electron chi connectivity index (χ1n) is 8.95. The van der Waals surface area contributed by atoms with E-state index in [9.17, 15) is 9.59 Å². The molecule has 7 heteroatoms. The van der Waals surface area contributed by atoms with Gasteiger partial charge in [0, 0.05) is 47.7 Å². The molecule has 1 aromatic carbocycles. The molecule has 2 aromatic heterocycles. The highest BCUT2D eigenvalue weighted by Crippen LogP contribution is 2.23. The van der Waals surface area contributed by atoms with E-state index < -0.39 is 11.7 Å². The van der Waals surface area contributed by atoms with Crippen LogP contribution in [0.25, 0.3) is 11.0 Å². The van der Waals surface area contributed by atoms with E-state index in [2.05, 4.69) is 22.9 Å². The van der Waals surface area contributed by atoms with Crippen molar-refractivity contribution in [1.29, 1.82) is 0 Å². The van der Waals surface area contributed by atoms with E-state index in [1.165, 1.54) is 10.9 Å². The van der Waals surface area contributed by atoms with Crippen molar-refractivity contribution in [2.45, 2.75) is 20.0 Å². The van der Waals surface area contributed by atoms with Gasteiger partial charge in [-0.1, -0.05) is 12.1 Å². The maximum absolute atomic E-state index is 12.1. The minimum atomic E-state index is -0.548. The first-order valence-corrected chi connectivity index (χ1v) is 9.83. The summed E-state index contributed by atoms with van der Waals surface area (Å²) in [6.07, 6.45) is 1.30. The monoisotopic (exact) mass is 398 g/mol. The Balaban J connectivity index is 1.88. The molecular weight excluding hydrogens is 376 g/mol. The molecule has 28 heavy (non-hydrogen) atoms. The van der Waals surface area contributed by atoms with E-state index in [-0.39, 0.29) is 6.61 Å². The van der Waals surface area contributed by atoms with Crippen molar-refractivity contribution >= 4 is 34.1 Å². The number of hydrogen-bond acceptors (Lipinski definition) is 6. The second kappa shape index (κ2) is 9.34. The number of hydrogen-bond donors (Lipinski definition) is 1. The summed E-state index contributed by atoms with van der Waals surface area (Å²) >= 11 is 1.70. The third-order valence-electron chi connectivity index (χ3n) is 4.09. The molecule has 0 radical (unpaired) electrons. The molecule has 0 aliphatic heterocycles. The average molecular weight is 398 g/mol. The molecule has 3 aromatic rings. The number of rotatable bonds is 8. The molecule has 0 unspecified atom stereocenters. The van der Waals surface area contributed by atoms with Gasteiger partial charge in [-0.15, -0.1) is 17.9 Å². The Morgan fingerprint density at radius 2 is 2.18 bits per heavy atom. The lowest BCUT2D eigenvalue weighted by atomic mass is 10.1. The number of carbonyl (C=O) groups excluding carboxylic acids is 1. The van der Waals surface area contributed by atoms with Gasteiger partial charge < -0.3 is 9.15 Å². The van der Waals surface area contributed by atoms with Gasteiger partial charge in [0.05, 0.1) is 6.61 Å². The first-order chi connectivity index (χ1) is 13.6. The lowest BCUT2D eigenvalue weighted by Gasteiger charge is -2.20. The first kappa shape index (κ1) is 19.9. The fourth-order valence-electron chi connectivity index (χ4n) is 2.95. The molecule has 146 valence electrons. The summed E-state index contributed by atoms with van der Waals surface area (Å²) in [5.41, 5.74) is 1.37. The van der Waals surface area contributed by atoms with Gasteiger partial charge in [0.25, 0.3) is 0 Å². The molecule has 0 saturated carbocycles. The van der Waals surface area contributed by atoms with Crippen molar-refractivity contribution in [2.24, 2.45) is 0 Å². The molecule has 0 aliphatic carbocycles. The number of thiophene rings is 1. The van der Waals surface area contributed by atoms with Gasteiger partial charge in [0.1, 0.15) is 5.58 Å². The number of carbonyl (C=O) groups is 1. The van der Waals surface area contributed by atoms with Gasteiger partial charge in [-0.25, -0.2) is 9.59 Å². The lowest BCUT2D eigenvalue weighted by Crippen LogP contribution is -2.23. The third kappa shape index (κ3) is 5.09. The number of benzene rings is 1. The van der Waals surface area contributed by atoms with E-state index in [1.54, 1.807) is 30.4 Å². The summed E-state index contributed by atoms with van der Waals surface area (Å²) < 4.78 is 10.2. The normalized spacial score (nSPS) is 10.9. The van der Waals surface area contributed by atoms with Crippen LogP contribution in [0.5, 0.6) is 0 Å². The Kier molecular flexibility index (Phi) is 6.62. The van der Waals surface area contributed by atoms with Crippen LogP contribution in [0.4, 0.5) is 10.5 Å². The van der Waals surface area contributed by atoms with Gasteiger partial charge in [-0.05, 0) is 36.1 Å². The summed E-state index contributed by atoms with van der Waals surface area (Å²) in [5, 5.41) is 5.49. The van der Waals surface area contributed by atoms with E-state index >= 15 is 0 Å². The number of ether oxygens (including phenoxy) is 1. The zero-order valence-electron chi connectivity index (χ0n) is 15.6. The van der Waals surface area contributed by atoms with Crippen LogP contribution in [0, 0.1) is 0 Å². The van der Waals surface area contributed by atoms with E-state index in [1.807, 2.05) is 23.6 Å². The van der Waals surface area contributed by atoms with Gasteiger partial charge in [-0.2, -0.15) is 0 Å². The highest BCUT2D eigenvalue weighted by Gasteiger charge is 2.12. The maximum Gasteiger partial charge on any atom is 0.411 e. The highest BCUT2D eigenvalue weighted by atomic mass is 32.1. The predicted octanol–water partition coefficient (Wildman–Crippen LogP) is 4.61. The SMILES string of the molecule is C=CCN(Cc1cccs1)Cc1cc(=O)oc2cc(NC(=O)OCC)ccc12. The van der Waals surface area contributed by atoms with Crippen LogP contribution >= 0.6 is 11.3 Å². The van der Waals surface area contributed by atoms with Gasteiger partial charge in [-0.3, -0.25) is 10.2 Å². The Labute approximate surface area is 167 Å². The van der Waals surface area contributed by atoms with Crippen molar-refractivity contribution in [3.8, 4) is 0 Å². The molecule has 1 amide bonds. The Morgan fingerprint density at radius 1 is 1.32 bits per heavy atom. The van der Waals surface area contributed by atoms with Crippen molar-refractivity contribution < 1.29 is 13.9 Å². The van der Waals surface area contributed by atoms with Crippen LogP contribution in [-0.2, 0) is 17.8 Å². The van der Waals surface area contributed by atoms with Crippen LogP contribution in [0.15, 0.2) is 63.6 Å². The average Bonchev–Trinajstić information content (AvgIpc) is 3.14. The zero-order valence-corrected chi connectivity index (χ0v) is 16.5. The fraction of sp³-hybridized carbons (Fsp3) is 0.238. The smallest absolute Gasteiger partial charge is 0.411 e. The van der Waals surface area contributed by atoms with Gasteiger partial charge >= 0.3 is 11.7 Å². The second-order valence-corrected chi connectivity index (χ2v) is 7.22. The molecule has 6 nitrogen and oxygen atoms in total. The maximum atomic E-state index is 12.1. The topological polar surface area (TPSA) is 71.8 Å². The number of anilines is 1. The van der Waals surface area contributed by atoms with Gasteiger partial charge in [0.15, 0.2) is 0 Å². The standard InChI is InChI=1S/C21H22N2O4S/c1-3-9-23(14-17-6-5-10-28-17)13-15-11-20(24)27-19-12-16(7-8-18(15)19)22-21(25)26-4-2/h3,5-8,10-12H,1,4,9,13-14H2,2H3,(H,22,25). The quantitative estimate of drug-likeness (QED) is 0.443. The Morgan fingerprint density at radius 3 is 2.89 bits per heavy atom.